The van der Waals surface area contributed by atoms with E-state index >= 15 is 0 Å². The Balaban J connectivity index is 3.32. The number of aryl methyl sites for hydroxylation is 1. The molecule has 0 aliphatic rings. The van der Waals surface area contributed by atoms with Crippen LogP contribution in [0.5, 0.6) is 5.75 Å². The van der Waals surface area contributed by atoms with E-state index in [0.29, 0.717) is 10.4 Å². The zero-order chi connectivity index (χ0) is 8.43. The average molecular weight is 219 g/mol. The number of hydrogen-bond donors (Lipinski definition) is 0. The summed E-state index contributed by atoms with van der Waals surface area (Å²) in [6.45, 7) is 0. The van der Waals surface area contributed by atoms with Gasteiger partial charge in [-0.2, -0.15) is 5.10 Å². The molecule has 0 radical (unpaired) electrons. The van der Waals surface area contributed by atoms with Gasteiger partial charge < -0.3 is 4.74 Å². The molecule has 0 amide bonds. The highest BCUT2D eigenvalue weighted by Gasteiger charge is 2.02. The minimum Gasteiger partial charge on any atom is -0.494 e. The molecule has 60 valence electrons. The summed E-state index contributed by atoms with van der Waals surface area (Å²) in [5.41, 5.74) is -0.190. The average Bonchev–Trinajstić information content (AvgIpc) is 1.97. The van der Waals surface area contributed by atoms with Crippen LogP contribution in [0.1, 0.15) is 0 Å². The lowest BCUT2D eigenvalue weighted by molar-refractivity contribution is 0.404. The van der Waals surface area contributed by atoms with Gasteiger partial charge in [-0.3, -0.25) is 4.79 Å². The molecule has 5 heteroatoms. The summed E-state index contributed by atoms with van der Waals surface area (Å²) in [4.78, 5) is 11.0. The lowest BCUT2D eigenvalue weighted by atomic mass is 10.5. The van der Waals surface area contributed by atoms with E-state index in [1.807, 2.05) is 0 Å². The minimum absolute atomic E-state index is 0.190. The fourth-order valence-corrected chi connectivity index (χ4v) is 1.15. The SMILES string of the molecule is COc1cc(=O)n(C)nc1Br. The predicted octanol–water partition coefficient (Wildman–Crippen LogP) is 0.551. The molecule has 11 heavy (non-hydrogen) atoms. The summed E-state index contributed by atoms with van der Waals surface area (Å²) >= 11 is 3.15. The van der Waals surface area contributed by atoms with Crippen LogP contribution in [0.3, 0.4) is 0 Å². The van der Waals surface area contributed by atoms with E-state index in [0.717, 1.165) is 0 Å². The monoisotopic (exact) mass is 218 g/mol. The molecule has 1 aromatic rings. The molecule has 0 fully saturated rings. The lowest BCUT2D eigenvalue weighted by Crippen LogP contribution is -2.18. The highest BCUT2D eigenvalue weighted by atomic mass is 79.9. The van der Waals surface area contributed by atoms with E-state index in [1.54, 1.807) is 7.05 Å². The molecular formula is C6H7BrN2O2. The van der Waals surface area contributed by atoms with Crippen LogP contribution in [-0.4, -0.2) is 16.9 Å². The summed E-state index contributed by atoms with van der Waals surface area (Å²) in [6, 6.07) is 1.37. The van der Waals surface area contributed by atoms with Gasteiger partial charge in [0.15, 0.2) is 10.4 Å². The first-order chi connectivity index (χ1) is 5.15. The summed E-state index contributed by atoms with van der Waals surface area (Å²) in [6.07, 6.45) is 0. The van der Waals surface area contributed by atoms with Gasteiger partial charge in [0, 0.05) is 13.1 Å². The number of rotatable bonds is 1. The van der Waals surface area contributed by atoms with Crippen LogP contribution in [0.15, 0.2) is 15.5 Å². The van der Waals surface area contributed by atoms with Crippen molar-refractivity contribution in [2.45, 2.75) is 0 Å². The summed E-state index contributed by atoms with van der Waals surface area (Å²) < 4.78 is 6.62. The van der Waals surface area contributed by atoms with Crippen molar-refractivity contribution >= 4 is 15.9 Å². The van der Waals surface area contributed by atoms with Crippen LogP contribution >= 0.6 is 15.9 Å². The highest BCUT2D eigenvalue weighted by molar-refractivity contribution is 9.10. The number of ether oxygens (including phenoxy) is 1. The quantitative estimate of drug-likeness (QED) is 0.692. The molecule has 0 saturated carbocycles. The van der Waals surface area contributed by atoms with Gasteiger partial charge in [0.05, 0.1) is 7.11 Å². The first-order valence-electron chi connectivity index (χ1n) is 2.93. The molecule has 1 rings (SSSR count). The number of nitrogens with zero attached hydrogens (tertiary/aromatic N) is 2. The van der Waals surface area contributed by atoms with Crippen molar-refractivity contribution in [1.82, 2.24) is 9.78 Å². The van der Waals surface area contributed by atoms with Crippen molar-refractivity contribution in [1.29, 1.82) is 0 Å². The second kappa shape index (κ2) is 3.04. The van der Waals surface area contributed by atoms with Crippen LogP contribution in [-0.2, 0) is 7.05 Å². The maximum atomic E-state index is 11.0. The Hall–Kier alpha value is -0.840. The van der Waals surface area contributed by atoms with Gasteiger partial charge in [0.1, 0.15) is 0 Å². The number of halogens is 1. The summed E-state index contributed by atoms with van der Waals surface area (Å²) in [5.74, 6) is 0.452. The standard InChI is InChI=1S/C6H7BrN2O2/c1-9-5(10)3-4(11-2)6(7)8-9/h3H,1-2H3. The first kappa shape index (κ1) is 8.26. The lowest BCUT2D eigenvalue weighted by Gasteiger charge is -2.01. The topological polar surface area (TPSA) is 44.1 Å². The molecule has 0 aliphatic heterocycles. The Morgan fingerprint density at radius 3 is 2.91 bits per heavy atom. The highest BCUT2D eigenvalue weighted by Crippen LogP contribution is 2.17. The Labute approximate surface area is 71.9 Å². The fourth-order valence-electron chi connectivity index (χ4n) is 0.639. The van der Waals surface area contributed by atoms with E-state index in [1.165, 1.54) is 17.9 Å². The number of hydrogen-bond acceptors (Lipinski definition) is 3. The maximum Gasteiger partial charge on any atom is 0.270 e. The zero-order valence-electron chi connectivity index (χ0n) is 6.17. The van der Waals surface area contributed by atoms with E-state index < -0.39 is 0 Å². The van der Waals surface area contributed by atoms with E-state index in [2.05, 4.69) is 21.0 Å². The van der Waals surface area contributed by atoms with Crippen LogP contribution in [0, 0.1) is 0 Å². The Kier molecular flexibility index (Phi) is 2.28. The Morgan fingerprint density at radius 1 is 1.73 bits per heavy atom. The van der Waals surface area contributed by atoms with Crippen molar-refractivity contribution in [2.75, 3.05) is 7.11 Å². The molecule has 0 aromatic carbocycles. The second-order valence-corrected chi connectivity index (χ2v) is 2.72. The zero-order valence-corrected chi connectivity index (χ0v) is 7.75. The molecule has 0 saturated heterocycles. The molecule has 0 spiro atoms. The molecule has 0 unspecified atom stereocenters. The number of methoxy groups -OCH3 is 1. The van der Waals surface area contributed by atoms with Gasteiger partial charge >= 0.3 is 0 Å². The summed E-state index contributed by atoms with van der Waals surface area (Å²) in [5, 5.41) is 3.84. The molecule has 1 aromatic heterocycles. The van der Waals surface area contributed by atoms with Gasteiger partial charge in [-0.25, -0.2) is 4.68 Å². The third kappa shape index (κ3) is 1.59. The molecule has 0 aliphatic carbocycles. The van der Waals surface area contributed by atoms with E-state index in [9.17, 15) is 4.79 Å². The van der Waals surface area contributed by atoms with Crippen molar-refractivity contribution in [3.63, 3.8) is 0 Å². The Bertz CT molecular complexity index is 321. The van der Waals surface area contributed by atoms with Crippen LogP contribution in [0.25, 0.3) is 0 Å². The van der Waals surface area contributed by atoms with Crippen molar-refractivity contribution in [3.8, 4) is 5.75 Å². The largest absolute Gasteiger partial charge is 0.494 e. The smallest absolute Gasteiger partial charge is 0.270 e. The van der Waals surface area contributed by atoms with Crippen LogP contribution < -0.4 is 10.3 Å². The van der Waals surface area contributed by atoms with Gasteiger partial charge in [0.25, 0.3) is 5.56 Å². The van der Waals surface area contributed by atoms with E-state index in [-0.39, 0.29) is 5.56 Å². The minimum atomic E-state index is -0.190. The van der Waals surface area contributed by atoms with Crippen LogP contribution in [0.2, 0.25) is 0 Å². The van der Waals surface area contributed by atoms with Crippen LogP contribution in [0.4, 0.5) is 0 Å². The van der Waals surface area contributed by atoms with Gasteiger partial charge in [-0.1, -0.05) is 0 Å². The van der Waals surface area contributed by atoms with Gasteiger partial charge in [0.2, 0.25) is 0 Å². The summed E-state index contributed by atoms with van der Waals surface area (Å²) in [7, 11) is 3.06. The maximum absolute atomic E-state index is 11.0. The third-order valence-electron chi connectivity index (χ3n) is 1.23. The third-order valence-corrected chi connectivity index (χ3v) is 1.78. The second-order valence-electron chi connectivity index (χ2n) is 1.97. The molecule has 1 heterocycles. The molecule has 0 N–H and O–H groups in total. The molecule has 4 nitrogen and oxygen atoms in total. The van der Waals surface area contributed by atoms with Crippen molar-refractivity contribution in [3.05, 3.63) is 21.0 Å². The molecule has 0 bridgehead atoms. The van der Waals surface area contributed by atoms with E-state index in [4.69, 9.17) is 4.74 Å². The Morgan fingerprint density at radius 2 is 2.36 bits per heavy atom. The number of aromatic nitrogens is 2. The van der Waals surface area contributed by atoms with Crippen molar-refractivity contribution in [2.24, 2.45) is 7.05 Å². The van der Waals surface area contributed by atoms with Gasteiger partial charge in [-0.05, 0) is 15.9 Å². The molecular weight excluding hydrogens is 212 g/mol. The first-order valence-corrected chi connectivity index (χ1v) is 3.72. The van der Waals surface area contributed by atoms with Gasteiger partial charge in [-0.15, -0.1) is 0 Å². The predicted molar refractivity (Wildman–Crippen MR) is 43.7 cm³/mol. The van der Waals surface area contributed by atoms with Crippen molar-refractivity contribution < 1.29 is 4.74 Å². The fraction of sp³-hybridized carbons (Fsp3) is 0.333. The molecule has 0 atom stereocenters. The normalized spacial score (nSPS) is 9.73.